The van der Waals surface area contributed by atoms with Crippen LogP contribution < -0.4 is 5.32 Å². The molecule has 1 heterocycles. The van der Waals surface area contributed by atoms with Crippen molar-refractivity contribution < 1.29 is 14.3 Å². The molecule has 4 heteroatoms. The van der Waals surface area contributed by atoms with Crippen LogP contribution in [0.15, 0.2) is 0 Å². The molecule has 1 spiro atoms. The molecule has 0 aromatic carbocycles. The van der Waals surface area contributed by atoms with E-state index in [9.17, 15) is 4.79 Å². The third-order valence-corrected chi connectivity index (χ3v) is 4.40. The van der Waals surface area contributed by atoms with Crippen molar-refractivity contribution in [3.63, 3.8) is 0 Å². The van der Waals surface area contributed by atoms with Gasteiger partial charge in [-0.25, -0.2) is 0 Å². The zero-order valence-corrected chi connectivity index (χ0v) is 10.8. The van der Waals surface area contributed by atoms with Gasteiger partial charge in [0, 0.05) is 20.2 Å². The van der Waals surface area contributed by atoms with Crippen LogP contribution in [0, 0.1) is 11.3 Å². The van der Waals surface area contributed by atoms with Crippen LogP contribution in [0.25, 0.3) is 0 Å². The van der Waals surface area contributed by atoms with Crippen LogP contribution in [0.3, 0.4) is 0 Å². The number of methoxy groups -OCH3 is 1. The van der Waals surface area contributed by atoms with Gasteiger partial charge in [0.1, 0.15) is 0 Å². The van der Waals surface area contributed by atoms with E-state index in [1.165, 1.54) is 0 Å². The lowest BCUT2D eigenvalue weighted by molar-refractivity contribution is -0.152. The van der Waals surface area contributed by atoms with Crippen molar-refractivity contribution in [2.24, 2.45) is 11.3 Å². The summed E-state index contributed by atoms with van der Waals surface area (Å²) in [5.41, 5.74) is 0.126. The van der Waals surface area contributed by atoms with Gasteiger partial charge in [-0.1, -0.05) is 0 Å². The molecule has 1 saturated heterocycles. The number of esters is 1. The Morgan fingerprint density at radius 3 is 2.71 bits per heavy atom. The summed E-state index contributed by atoms with van der Waals surface area (Å²) < 4.78 is 10.6. The predicted molar refractivity (Wildman–Crippen MR) is 64.7 cm³/mol. The lowest BCUT2D eigenvalue weighted by atomic mass is 9.67. The molecule has 1 N–H and O–H groups in total. The van der Waals surface area contributed by atoms with Crippen LogP contribution >= 0.6 is 0 Å². The molecule has 1 unspecified atom stereocenters. The van der Waals surface area contributed by atoms with Gasteiger partial charge in [0.15, 0.2) is 0 Å². The molecule has 98 valence electrons. The van der Waals surface area contributed by atoms with Gasteiger partial charge in [-0.05, 0) is 38.0 Å². The molecule has 2 aliphatic rings. The Kier molecular flexibility index (Phi) is 4.05. The number of ether oxygens (including phenoxy) is 2. The number of carbonyl (C=O) groups is 1. The number of rotatable bonds is 3. The fourth-order valence-corrected chi connectivity index (χ4v) is 3.31. The van der Waals surface area contributed by atoms with E-state index in [0.717, 1.165) is 38.8 Å². The highest BCUT2D eigenvalue weighted by molar-refractivity contribution is 5.74. The average molecular weight is 241 g/mol. The molecule has 0 radical (unpaired) electrons. The molecule has 17 heavy (non-hydrogen) atoms. The molecule has 4 nitrogen and oxygen atoms in total. The van der Waals surface area contributed by atoms with E-state index in [-0.39, 0.29) is 17.3 Å². The summed E-state index contributed by atoms with van der Waals surface area (Å²) in [5, 5.41) is 3.36. The minimum Gasteiger partial charge on any atom is -0.466 e. The zero-order chi connectivity index (χ0) is 12.3. The first-order valence-corrected chi connectivity index (χ1v) is 6.62. The second-order valence-electron chi connectivity index (χ2n) is 5.23. The van der Waals surface area contributed by atoms with E-state index >= 15 is 0 Å². The molecule has 0 bridgehead atoms. The SMILES string of the molecule is CCOC(=O)C1CNCC12CCC(OC)CC2. The van der Waals surface area contributed by atoms with Gasteiger partial charge in [0.05, 0.1) is 18.6 Å². The third-order valence-electron chi connectivity index (χ3n) is 4.40. The van der Waals surface area contributed by atoms with Crippen molar-refractivity contribution in [3.8, 4) is 0 Å². The Balaban J connectivity index is 2.01. The van der Waals surface area contributed by atoms with Crippen LogP contribution in [0.1, 0.15) is 32.6 Å². The van der Waals surface area contributed by atoms with Crippen LogP contribution in [0.2, 0.25) is 0 Å². The van der Waals surface area contributed by atoms with E-state index in [0.29, 0.717) is 12.7 Å². The summed E-state index contributed by atoms with van der Waals surface area (Å²) in [6.07, 6.45) is 4.65. The largest absolute Gasteiger partial charge is 0.466 e. The molecule has 1 aliphatic carbocycles. The maximum atomic E-state index is 12.0. The maximum absolute atomic E-state index is 12.0. The molecule has 0 aromatic heterocycles. The Morgan fingerprint density at radius 1 is 1.41 bits per heavy atom. The summed E-state index contributed by atoms with van der Waals surface area (Å²) in [5.74, 6) is 0.0219. The second kappa shape index (κ2) is 5.36. The van der Waals surface area contributed by atoms with E-state index in [2.05, 4.69) is 5.32 Å². The highest BCUT2D eigenvalue weighted by Gasteiger charge is 2.49. The molecule has 2 rings (SSSR count). The predicted octanol–water partition coefficient (Wildman–Crippen LogP) is 1.34. The van der Waals surface area contributed by atoms with E-state index < -0.39 is 0 Å². The normalized spacial score (nSPS) is 37.3. The van der Waals surface area contributed by atoms with Crippen molar-refractivity contribution in [1.29, 1.82) is 0 Å². The van der Waals surface area contributed by atoms with E-state index in [1.807, 2.05) is 6.92 Å². The first-order valence-electron chi connectivity index (χ1n) is 6.62. The number of carbonyl (C=O) groups excluding carboxylic acids is 1. The van der Waals surface area contributed by atoms with Gasteiger partial charge < -0.3 is 14.8 Å². The van der Waals surface area contributed by atoms with Gasteiger partial charge in [-0.2, -0.15) is 0 Å². The van der Waals surface area contributed by atoms with Crippen molar-refractivity contribution in [2.75, 3.05) is 26.8 Å². The average Bonchev–Trinajstić information content (AvgIpc) is 2.74. The van der Waals surface area contributed by atoms with E-state index in [1.54, 1.807) is 7.11 Å². The van der Waals surface area contributed by atoms with Crippen LogP contribution in [-0.4, -0.2) is 38.9 Å². The van der Waals surface area contributed by atoms with Crippen LogP contribution in [0.4, 0.5) is 0 Å². The molecule has 1 atom stereocenters. The minimum absolute atomic E-state index is 0.0200. The second-order valence-corrected chi connectivity index (χ2v) is 5.23. The van der Waals surface area contributed by atoms with Crippen molar-refractivity contribution >= 4 is 5.97 Å². The molecule has 0 aromatic rings. The number of hydrogen-bond acceptors (Lipinski definition) is 4. The molecular formula is C13H23NO3. The Bertz CT molecular complexity index is 272. The Labute approximate surface area is 103 Å². The van der Waals surface area contributed by atoms with Gasteiger partial charge >= 0.3 is 5.97 Å². The quantitative estimate of drug-likeness (QED) is 0.758. The minimum atomic E-state index is -0.0200. The van der Waals surface area contributed by atoms with Gasteiger partial charge in [0.2, 0.25) is 0 Å². The number of hydrogen-bond donors (Lipinski definition) is 1. The van der Waals surface area contributed by atoms with Gasteiger partial charge in [-0.15, -0.1) is 0 Å². The lowest BCUT2D eigenvalue weighted by Gasteiger charge is -2.39. The van der Waals surface area contributed by atoms with Crippen LogP contribution in [-0.2, 0) is 14.3 Å². The summed E-state index contributed by atoms with van der Waals surface area (Å²) in [6, 6.07) is 0. The van der Waals surface area contributed by atoms with Crippen molar-refractivity contribution in [2.45, 2.75) is 38.7 Å². The summed E-state index contributed by atoms with van der Waals surface area (Å²) in [6.45, 7) is 4.07. The Morgan fingerprint density at radius 2 is 2.12 bits per heavy atom. The standard InChI is InChI=1S/C13H23NO3/c1-3-17-12(15)11-8-14-9-13(11)6-4-10(16-2)5-7-13/h10-11,14H,3-9H2,1-2H3. The fourth-order valence-electron chi connectivity index (χ4n) is 3.31. The zero-order valence-electron chi connectivity index (χ0n) is 10.8. The first kappa shape index (κ1) is 12.8. The summed E-state index contributed by atoms with van der Waals surface area (Å²) in [7, 11) is 1.78. The first-order chi connectivity index (χ1) is 8.22. The van der Waals surface area contributed by atoms with Gasteiger partial charge in [-0.3, -0.25) is 4.79 Å². The lowest BCUT2D eigenvalue weighted by Crippen LogP contribution is -2.40. The highest BCUT2D eigenvalue weighted by Crippen LogP contribution is 2.45. The van der Waals surface area contributed by atoms with Crippen molar-refractivity contribution in [1.82, 2.24) is 5.32 Å². The smallest absolute Gasteiger partial charge is 0.310 e. The fraction of sp³-hybridized carbons (Fsp3) is 0.923. The monoisotopic (exact) mass is 241 g/mol. The molecule has 1 aliphatic heterocycles. The summed E-state index contributed by atoms with van der Waals surface area (Å²) >= 11 is 0. The topological polar surface area (TPSA) is 47.6 Å². The maximum Gasteiger partial charge on any atom is 0.310 e. The van der Waals surface area contributed by atoms with E-state index in [4.69, 9.17) is 9.47 Å². The third kappa shape index (κ3) is 2.47. The van der Waals surface area contributed by atoms with Crippen molar-refractivity contribution in [3.05, 3.63) is 0 Å². The summed E-state index contributed by atoms with van der Waals surface area (Å²) in [4.78, 5) is 12.0. The number of nitrogens with one attached hydrogen (secondary N) is 1. The molecule has 1 saturated carbocycles. The molecule has 0 amide bonds. The van der Waals surface area contributed by atoms with Gasteiger partial charge in [0.25, 0.3) is 0 Å². The van der Waals surface area contributed by atoms with Crippen LogP contribution in [0.5, 0.6) is 0 Å². The Hall–Kier alpha value is -0.610. The molecule has 2 fully saturated rings. The molecular weight excluding hydrogens is 218 g/mol. The highest BCUT2D eigenvalue weighted by atomic mass is 16.5.